The molecule has 0 amide bonds. The van der Waals surface area contributed by atoms with Gasteiger partial charge in [-0.15, -0.1) is 0 Å². The van der Waals surface area contributed by atoms with Crippen LogP contribution in [0.3, 0.4) is 0 Å². The number of nitrogens with one attached hydrogen (secondary N) is 1. The van der Waals surface area contributed by atoms with Gasteiger partial charge in [-0.25, -0.2) is 13.1 Å². The van der Waals surface area contributed by atoms with Gasteiger partial charge in [0, 0.05) is 6.54 Å². The first-order valence-corrected chi connectivity index (χ1v) is 8.25. The zero-order valence-electron chi connectivity index (χ0n) is 10.8. The summed E-state index contributed by atoms with van der Waals surface area (Å²) in [6.07, 6.45) is 9.94. The van der Waals surface area contributed by atoms with E-state index in [1.165, 1.54) is 38.5 Å². The Morgan fingerprint density at radius 2 is 1.31 bits per heavy atom. The van der Waals surface area contributed by atoms with E-state index in [1.54, 1.807) is 6.92 Å². The Balaban J connectivity index is 3.16. The lowest BCUT2D eigenvalue weighted by molar-refractivity contribution is 0.559. The third kappa shape index (κ3) is 10.4. The van der Waals surface area contributed by atoms with Crippen LogP contribution in [0, 0.1) is 0 Å². The summed E-state index contributed by atoms with van der Waals surface area (Å²) in [5.41, 5.74) is 0. The summed E-state index contributed by atoms with van der Waals surface area (Å²) >= 11 is 0. The summed E-state index contributed by atoms with van der Waals surface area (Å²) in [5, 5.41) is 0. The molecule has 0 aliphatic heterocycles. The van der Waals surface area contributed by atoms with Gasteiger partial charge in [0.2, 0.25) is 10.0 Å². The van der Waals surface area contributed by atoms with Gasteiger partial charge < -0.3 is 0 Å². The summed E-state index contributed by atoms with van der Waals surface area (Å²) in [7, 11) is -2.97. The average Bonchev–Trinajstić information content (AvgIpc) is 2.27. The second kappa shape index (κ2) is 10.1. The smallest absolute Gasteiger partial charge is 0.211 e. The van der Waals surface area contributed by atoms with Crippen molar-refractivity contribution in [1.82, 2.24) is 4.72 Å². The second-order valence-electron chi connectivity index (χ2n) is 4.27. The maximum Gasteiger partial charge on any atom is 0.211 e. The lowest BCUT2D eigenvalue weighted by Crippen LogP contribution is -2.26. The normalized spacial score (nSPS) is 11.9. The van der Waals surface area contributed by atoms with Gasteiger partial charge in [-0.05, 0) is 13.3 Å². The van der Waals surface area contributed by atoms with Gasteiger partial charge >= 0.3 is 0 Å². The number of hydrogen-bond acceptors (Lipinski definition) is 2. The topological polar surface area (TPSA) is 46.2 Å². The van der Waals surface area contributed by atoms with Gasteiger partial charge in [-0.3, -0.25) is 0 Å². The van der Waals surface area contributed by atoms with Crippen molar-refractivity contribution in [3.8, 4) is 0 Å². The van der Waals surface area contributed by atoms with Gasteiger partial charge in [0.25, 0.3) is 0 Å². The van der Waals surface area contributed by atoms with E-state index in [1.807, 2.05) is 0 Å². The molecule has 0 atom stereocenters. The Labute approximate surface area is 101 Å². The largest absolute Gasteiger partial charge is 0.215 e. The number of hydrogen-bond donors (Lipinski definition) is 1. The molecule has 1 N–H and O–H groups in total. The summed E-state index contributed by atoms with van der Waals surface area (Å²) in [6, 6.07) is 0. The predicted molar refractivity (Wildman–Crippen MR) is 70.1 cm³/mol. The molecule has 0 radical (unpaired) electrons. The van der Waals surface area contributed by atoms with Crippen molar-refractivity contribution in [1.29, 1.82) is 0 Å². The SMILES string of the molecule is CCCCCCCCCCNS(=O)(=O)CC. The molecule has 0 bridgehead atoms. The van der Waals surface area contributed by atoms with Crippen LogP contribution < -0.4 is 4.72 Å². The minimum absolute atomic E-state index is 0.185. The van der Waals surface area contributed by atoms with Crippen LogP contribution in [0.25, 0.3) is 0 Å². The fourth-order valence-electron chi connectivity index (χ4n) is 1.59. The second-order valence-corrected chi connectivity index (χ2v) is 6.37. The third-order valence-corrected chi connectivity index (χ3v) is 4.14. The molecule has 0 saturated heterocycles. The molecule has 0 aliphatic carbocycles. The fraction of sp³-hybridized carbons (Fsp3) is 1.00. The van der Waals surface area contributed by atoms with Crippen molar-refractivity contribution in [2.45, 2.75) is 65.2 Å². The van der Waals surface area contributed by atoms with Gasteiger partial charge in [-0.2, -0.15) is 0 Å². The minimum Gasteiger partial charge on any atom is -0.215 e. The Morgan fingerprint density at radius 1 is 0.812 bits per heavy atom. The molecule has 0 aliphatic rings. The van der Waals surface area contributed by atoms with E-state index in [0.717, 1.165) is 12.8 Å². The molecule has 0 fully saturated rings. The molecule has 98 valence electrons. The number of rotatable bonds is 11. The molecule has 0 aromatic heterocycles. The molecule has 0 aromatic carbocycles. The van der Waals surface area contributed by atoms with E-state index in [9.17, 15) is 8.42 Å². The van der Waals surface area contributed by atoms with Crippen molar-refractivity contribution in [3.63, 3.8) is 0 Å². The highest BCUT2D eigenvalue weighted by molar-refractivity contribution is 7.89. The van der Waals surface area contributed by atoms with E-state index < -0.39 is 10.0 Å². The first kappa shape index (κ1) is 15.9. The highest BCUT2D eigenvalue weighted by atomic mass is 32.2. The van der Waals surface area contributed by atoms with Crippen molar-refractivity contribution in [3.05, 3.63) is 0 Å². The maximum absolute atomic E-state index is 11.1. The van der Waals surface area contributed by atoms with Crippen molar-refractivity contribution in [2.75, 3.05) is 12.3 Å². The highest BCUT2D eigenvalue weighted by Crippen LogP contribution is 2.07. The summed E-state index contributed by atoms with van der Waals surface area (Å²) in [4.78, 5) is 0. The van der Waals surface area contributed by atoms with Crippen LogP contribution in [0.5, 0.6) is 0 Å². The highest BCUT2D eigenvalue weighted by Gasteiger charge is 2.03. The van der Waals surface area contributed by atoms with Crippen molar-refractivity contribution in [2.24, 2.45) is 0 Å². The Bertz CT molecular complexity index is 237. The number of unbranched alkanes of at least 4 members (excludes halogenated alkanes) is 7. The Kier molecular flexibility index (Phi) is 10.0. The van der Waals surface area contributed by atoms with E-state index in [4.69, 9.17) is 0 Å². The lowest BCUT2D eigenvalue weighted by atomic mass is 10.1. The lowest BCUT2D eigenvalue weighted by Gasteiger charge is -2.04. The van der Waals surface area contributed by atoms with Crippen LogP contribution in [-0.2, 0) is 10.0 Å². The summed E-state index contributed by atoms with van der Waals surface area (Å²) < 4.78 is 24.8. The van der Waals surface area contributed by atoms with Gasteiger partial charge in [-0.1, -0.05) is 51.9 Å². The molecule has 0 saturated carbocycles. The monoisotopic (exact) mass is 249 g/mol. The predicted octanol–water partition coefficient (Wildman–Crippen LogP) is 3.07. The average molecular weight is 249 g/mol. The molecule has 0 rings (SSSR count). The van der Waals surface area contributed by atoms with E-state index in [0.29, 0.717) is 6.54 Å². The summed E-state index contributed by atoms with van der Waals surface area (Å²) in [5.74, 6) is 0.185. The molecule has 0 aromatic rings. The zero-order chi connectivity index (χ0) is 12.3. The van der Waals surface area contributed by atoms with E-state index in [2.05, 4.69) is 11.6 Å². The van der Waals surface area contributed by atoms with Crippen LogP contribution in [-0.4, -0.2) is 20.7 Å². The molecule has 4 heteroatoms. The molecular formula is C12H27NO2S. The molecular weight excluding hydrogens is 222 g/mol. The summed E-state index contributed by atoms with van der Waals surface area (Å²) in [6.45, 7) is 4.49. The minimum atomic E-state index is -2.97. The van der Waals surface area contributed by atoms with Gasteiger partial charge in [0.05, 0.1) is 5.75 Å². The third-order valence-electron chi connectivity index (χ3n) is 2.73. The van der Waals surface area contributed by atoms with Crippen molar-refractivity contribution < 1.29 is 8.42 Å². The van der Waals surface area contributed by atoms with Crippen LogP contribution in [0.15, 0.2) is 0 Å². The molecule has 0 spiro atoms. The zero-order valence-corrected chi connectivity index (χ0v) is 11.6. The van der Waals surface area contributed by atoms with Crippen LogP contribution in [0.4, 0.5) is 0 Å². The van der Waals surface area contributed by atoms with Crippen LogP contribution in [0.2, 0.25) is 0 Å². The Hall–Kier alpha value is -0.0900. The first-order valence-electron chi connectivity index (χ1n) is 6.59. The molecule has 3 nitrogen and oxygen atoms in total. The van der Waals surface area contributed by atoms with Gasteiger partial charge in [0.15, 0.2) is 0 Å². The van der Waals surface area contributed by atoms with Crippen molar-refractivity contribution >= 4 is 10.0 Å². The quantitative estimate of drug-likeness (QED) is 0.572. The maximum atomic E-state index is 11.1. The van der Waals surface area contributed by atoms with E-state index in [-0.39, 0.29) is 5.75 Å². The van der Waals surface area contributed by atoms with E-state index >= 15 is 0 Å². The fourth-order valence-corrected chi connectivity index (χ4v) is 2.25. The number of sulfonamides is 1. The molecule has 0 unspecified atom stereocenters. The van der Waals surface area contributed by atoms with Crippen LogP contribution >= 0.6 is 0 Å². The first-order chi connectivity index (χ1) is 7.62. The molecule has 16 heavy (non-hydrogen) atoms. The Morgan fingerprint density at radius 3 is 1.81 bits per heavy atom. The van der Waals surface area contributed by atoms with Gasteiger partial charge in [0.1, 0.15) is 0 Å². The molecule has 0 heterocycles. The standard InChI is InChI=1S/C12H27NO2S/c1-3-5-6-7-8-9-10-11-12-13-16(14,15)4-2/h13H,3-12H2,1-2H3. The van der Waals surface area contributed by atoms with Crippen LogP contribution in [0.1, 0.15) is 65.2 Å².